The van der Waals surface area contributed by atoms with Crippen LogP contribution in [0.1, 0.15) is 6.92 Å². The summed E-state index contributed by atoms with van der Waals surface area (Å²) in [5.41, 5.74) is -0.247. The molecule has 3 aliphatic rings. The minimum atomic E-state index is -0.973. The zero-order chi connectivity index (χ0) is 15.0. The molecular weight excluding hydrogens is 447 g/mol. The topological polar surface area (TPSA) is 74.5 Å². The molecule has 0 aromatic carbocycles. The minimum absolute atomic E-state index is 0.247. The summed E-state index contributed by atoms with van der Waals surface area (Å²) >= 11 is 2.01. The maximum Gasteiger partial charge on any atom is 0.170 e. The molecular formula is C11H17IN2O4S3. The highest BCUT2D eigenvalue weighted by Crippen LogP contribution is 2.43. The van der Waals surface area contributed by atoms with Crippen LogP contribution in [0.25, 0.3) is 0 Å². The molecule has 10 heteroatoms. The van der Waals surface area contributed by atoms with E-state index in [1.807, 2.05) is 21.2 Å². The van der Waals surface area contributed by atoms with Gasteiger partial charge >= 0.3 is 0 Å². The Morgan fingerprint density at radius 3 is 2.90 bits per heavy atom. The summed E-state index contributed by atoms with van der Waals surface area (Å²) in [4.78, 5) is 6.82. The first kappa shape index (κ1) is 16.9. The molecule has 6 nitrogen and oxygen atoms in total. The fourth-order valence-corrected chi connectivity index (χ4v) is 5.81. The lowest BCUT2D eigenvalue weighted by Gasteiger charge is -2.45. The summed E-state index contributed by atoms with van der Waals surface area (Å²) in [6.07, 6.45) is -2.41. The Balaban J connectivity index is 1.67. The van der Waals surface area contributed by atoms with Gasteiger partial charge in [0.2, 0.25) is 0 Å². The summed E-state index contributed by atoms with van der Waals surface area (Å²) in [6.45, 7) is 4.47. The number of aliphatic hydroxyl groups excluding tert-OH is 2. The predicted molar refractivity (Wildman–Crippen MR) is 95.4 cm³/mol. The second kappa shape index (κ2) is 7.32. The number of amidine groups is 1. The van der Waals surface area contributed by atoms with E-state index >= 15 is 0 Å². The first-order chi connectivity index (χ1) is 10.1. The van der Waals surface area contributed by atoms with Crippen LogP contribution in [-0.4, -0.2) is 69.8 Å². The van der Waals surface area contributed by atoms with Crippen molar-refractivity contribution < 1.29 is 19.1 Å². The van der Waals surface area contributed by atoms with Gasteiger partial charge in [-0.15, -0.1) is 0 Å². The van der Waals surface area contributed by atoms with Crippen molar-refractivity contribution in [2.24, 2.45) is 10.9 Å². The van der Waals surface area contributed by atoms with E-state index in [1.165, 1.54) is 9.21 Å². The molecule has 0 amide bonds. The van der Waals surface area contributed by atoms with Gasteiger partial charge in [0.05, 0.1) is 15.8 Å². The highest BCUT2D eigenvalue weighted by atomic mass is 127. The first-order valence-corrected chi connectivity index (χ1v) is 12.2. The maximum absolute atomic E-state index is 10.3. The Hall–Kier alpha value is 1.09. The van der Waals surface area contributed by atoms with Gasteiger partial charge in [0.25, 0.3) is 0 Å². The standard InChI is InChI=1S/C11H17IN2O4S3/c1-5-2-14(3-5)11-13-7-9(16)8(15)6(4-17-21-12)18-10(7)19-20-11/h5-10,15-16H,2-4H2,1H3/t6?,7-,8-,9?,10-/m1/s1. The third kappa shape index (κ3) is 3.62. The normalized spacial score (nSPS) is 40.5. The van der Waals surface area contributed by atoms with E-state index < -0.39 is 24.4 Å². The number of likely N-dealkylation sites (tertiary alicyclic amines) is 1. The van der Waals surface area contributed by atoms with Gasteiger partial charge in [0, 0.05) is 34.3 Å². The maximum atomic E-state index is 10.3. The number of fused-ring (bicyclic) bond motifs is 1. The molecule has 0 aromatic heterocycles. The number of aliphatic hydroxyl groups is 2. The zero-order valence-electron chi connectivity index (χ0n) is 11.3. The van der Waals surface area contributed by atoms with E-state index in [1.54, 1.807) is 21.6 Å². The molecule has 2 fully saturated rings. The highest BCUT2D eigenvalue weighted by Gasteiger charge is 2.47. The molecule has 0 radical (unpaired) electrons. The van der Waals surface area contributed by atoms with Crippen LogP contribution in [-0.2, 0) is 8.92 Å². The molecule has 21 heavy (non-hydrogen) atoms. The van der Waals surface area contributed by atoms with E-state index in [4.69, 9.17) is 8.92 Å². The predicted octanol–water partition coefficient (Wildman–Crippen LogP) is 1.52. The molecule has 0 aliphatic carbocycles. The molecule has 3 heterocycles. The van der Waals surface area contributed by atoms with Gasteiger partial charge in [-0.2, -0.15) is 0 Å². The molecule has 0 aromatic rings. The Kier molecular flexibility index (Phi) is 5.91. The molecule has 0 bridgehead atoms. The zero-order valence-corrected chi connectivity index (χ0v) is 15.9. The van der Waals surface area contributed by atoms with E-state index in [0.717, 1.165) is 18.3 Å². The van der Waals surface area contributed by atoms with Gasteiger partial charge in [-0.3, -0.25) is 4.99 Å². The van der Waals surface area contributed by atoms with Crippen molar-refractivity contribution in [3.8, 4) is 0 Å². The van der Waals surface area contributed by atoms with Crippen LogP contribution in [0.4, 0.5) is 0 Å². The number of ether oxygens (including phenoxy) is 1. The van der Waals surface area contributed by atoms with Gasteiger partial charge in [-0.05, 0) is 16.7 Å². The number of hydrogen-bond donors (Lipinski definition) is 2. The Labute approximate surface area is 148 Å². The number of aliphatic imine (C=N–C) groups is 1. The number of nitrogens with zero attached hydrogens (tertiary/aromatic N) is 2. The summed E-state index contributed by atoms with van der Waals surface area (Å²) in [5, 5.41) is 21.5. The van der Waals surface area contributed by atoms with Gasteiger partial charge in [0.1, 0.15) is 29.8 Å². The van der Waals surface area contributed by atoms with Crippen molar-refractivity contribution in [1.82, 2.24) is 4.90 Å². The molecule has 120 valence electrons. The lowest BCUT2D eigenvalue weighted by Crippen LogP contribution is -2.58. The van der Waals surface area contributed by atoms with Crippen LogP contribution in [0.3, 0.4) is 0 Å². The Bertz CT molecular complexity index is 413. The summed E-state index contributed by atoms with van der Waals surface area (Å²) in [6, 6.07) is -0.416. The fraction of sp³-hybridized carbons (Fsp3) is 0.909. The average molecular weight is 464 g/mol. The van der Waals surface area contributed by atoms with Gasteiger partial charge in [0.15, 0.2) is 5.17 Å². The van der Waals surface area contributed by atoms with Crippen LogP contribution in [0.15, 0.2) is 4.99 Å². The van der Waals surface area contributed by atoms with Crippen molar-refractivity contribution in [2.75, 3.05) is 19.7 Å². The van der Waals surface area contributed by atoms with Crippen LogP contribution < -0.4 is 0 Å². The smallest absolute Gasteiger partial charge is 0.170 e. The Morgan fingerprint density at radius 2 is 2.24 bits per heavy atom. The summed E-state index contributed by atoms with van der Waals surface area (Å²) < 4.78 is 11.1. The van der Waals surface area contributed by atoms with Crippen molar-refractivity contribution in [1.29, 1.82) is 0 Å². The largest absolute Gasteiger partial charge is 0.388 e. The highest BCUT2D eigenvalue weighted by molar-refractivity contribution is 14.2. The SMILES string of the molecule is CC1CN(C2=N[C@@H]3C(O)[C@H](O)C(COSI)O[C@@H]3SS2)C1. The number of hydrogen-bond acceptors (Lipinski definition) is 9. The van der Waals surface area contributed by atoms with Crippen LogP contribution >= 0.6 is 52.0 Å². The molecule has 0 saturated carbocycles. The van der Waals surface area contributed by atoms with Crippen molar-refractivity contribution in [3.05, 3.63) is 0 Å². The summed E-state index contributed by atoms with van der Waals surface area (Å²) in [5.74, 6) is 0.696. The number of rotatable bonds is 3. The van der Waals surface area contributed by atoms with E-state index in [2.05, 4.69) is 16.8 Å². The average Bonchev–Trinajstić information content (AvgIpc) is 2.46. The molecule has 2 unspecified atom stereocenters. The van der Waals surface area contributed by atoms with Crippen LogP contribution in [0.2, 0.25) is 0 Å². The molecule has 0 spiro atoms. The quantitative estimate of drug-likeness (QED) is 0.370. The second-order valence-electron chi connectivity index (χ2n) is 5.46. The molecule has 2 N–H and O–H groups in total. The lowest BCUT2D eigenvalue weighted by molar-refractivity contribution is -0.161. The van der Waals surface area contributed by atoms with E-state index in [-0.39, 0.29) is 12.0 Å². The van der Waals surface area contributed by atoms with Crippen molar-refractivity contribution in [2.45, 2.75) is 36.7 Å². The van der Waals surface area contributed by atoms with Crippen LogP contribution in [0.5, 0.6) is 0 Å². The van der Waals surface area contributed by atoms with Gasteiger partial charge in [-0.25, -0.2) is 0 Å². The lowest BCUT2D eigenvalue weighted by atomic mass is 9.98. The Morgan fingerprint density at radius 1 is 1.48 bits per heavy atom. The van der Waals surface area contributed by atoms with E-state index in [9.17, 15) is 10.2 Å². The first-order valence-electron chi connectivity index (χ1n) is 6.68. The molecule has 3 rings (SSSR count). The molecule has 5 atom stereocenters. The number of halogens is 1. The summed E-state index contributed by atoms with van der Waals surface area (Å²) in [7, 11) is 4.35. The fourth-order valence-electron chi connectivity index (χ4n) is 2.59. The van der Waals surface area contributed by atoms with Crippen molar-refractivity contribution >= 4 is 57.2 Å². The third-order valence-corrected chi connectivity index (χ3v) is 7.24. The van der Waals surface area contributed by atoms with E-state index in [0.29, 0.717) is 5.92 Å². The van der Waals surface area contributed by atoms with Crippen LogP contribution in [0, 0.1) is 5.92 Å². The van der Waals surface area contributed by atoms with Gasteiger partial charge in [-0.1, -0.05) is 17.7 Å². The molecule has 3 aliphatic heterocycles. The minimum Gasteiger partial charge on any atom is -0.388 e. The molecule has 2 saturated heterocycles. The van der Waals surface area contributed by atoms with Gasteiger partial charge < -0.3 is 24.0 Å². The second-order valence-corrected chi connectivity index (χ2v) is 9.17. The van der Waals surface area contributed by atoms with Crippen molar-refractivity contribution in [3.63, 3.8) is 0 Å². The third-order valence-electron chi connectivity index (χ3n) is 3.76. The monoisotopic (exact) mass is 464 g/mol.